The molecule has 2 N–H and O–H groups in total. The molecule has 17 heavy (non-hydrogen) atoms. The minimum absolute atomic E-state index is 0. The molecule has 0 fully saturated rings. The molecule has 0 bridgehead atoms. The summed E-state index contributed by atoms with van der Waals surface area (Å²) in [7, 11) is 3.49. The van der Waals surface area contributed by atoms with E-state index in [4.69, 9.17) is 4.74 Å². The summed E-state index contributed by atoms with van der Waals surface area (Å²) in [4.78, 5) is 4.16. The van der Waals surface area contributed by atoms with E-state index in [1.165, 1.54) is 18.6 Å². The first-order valence-electron chi connectivity index (χ1n) is 5.69. The minimum atomic E-state index is 0. The molecule has 1 unspecified atom stereocenters. The number of nitrogens with one attached hydrogen (secondary N) is 2. The Morgan fingerprint density at radius 1 is 1.41 bits per heavy atom. The van der Waals surface area contributed by atoms with Gasteiger partial charge in [0.2, 0.25) is 0 Å². The van der Waals surface area contributed by atoms with Crippen molar-refractivity contribution in [3.05, 3.63) is 0 Å². The van der Waals surface area contributed by atoms with Gasteiger partial charge in [0.1, 0.15) is 0 Å². The Bertz CT molecular complexity index is 194. The van der Waals surface area contributed by atoms with Crippen molar-refractivity contribution >= 4 is 41.7 Å². The summed E-state index contributed by atoms with van der Waals surface area (Å²) in [5.41, 5.74) is 0. The summed E-state index contributed by atoms with van der Waals surface area (Å²) in [6.07, 6.45) is 4.57. The number of guanidine groups is 1. The van der Waals surface area contributed by atoms with E-state index in [1.54, 1.807) is 14.2 Å². The zero-order chi connectivity index (χ0) is 12.2. The van der Waals surface area contributed by atoms with Gasteiger partial charge in [-0.25, -0.2) is 0 Å². The molecule has 0 aromatic heterocycles. The molecule has 6 heteroatoms. The van der Waals surface area contributed by atoms with Crippen LogP contribution in [0.3, 0.4) is 0 Å². The number of nitrogens with zero attached hydrogens (tertiary/aromatic N) is 1. The molecule has 0 spiro atoms. The van der Waals surface area contributed by atoms with Crippen molar-refractivity contribution in [2.45, 2.75) is 25.8 Å². The number of ether oxygens (including phenoxy) is 1. The fourth-order valence-electron chi connectivity index (χ4n) is 1.30. The lowest BCUT2D eigenvalue weighted by molar-refractivity contribution is 0.179. The van der Waals surface area contributed by atoms with Crippen LogP contribution in [-0.2, 0) is 4.74 Å². The van der Waals surface area contributed by atoms with E-state index < -0.39 is 0 Å². The van der Waals surface area contributed by atoms with E-state index >= 15 is 0 Å². The van der Waals surface area contributed by atoms with Gasteiger partial charge in [-0.1, -0.05) is 0 Å². The Labute approximate surface area is 127 Å². The van der Waals surface area contributed by atoms with Crippen molar-refractivity contribution in [1.82, 2.24) is 10.6 Å². The van der Waals surface area contributed by atoms with Gasteiger partial charge in [-0.2, -0.15) is 11.8 Å². The SMILES string of the molecule is CN=C(NCCCCSC)NC(C)COC.I. The molecule has 104 valence electrons. The van der Waals surface area contributed by atoms with Gasteiger partial charge in [-0.15, -0.1) is 24.0 Å². The third-order valence-corrected chi connectivity index (χ3v) is 2.79. The monoisotopic (exact) mass is 375 g/mol. The molecule has 0 saturated carbocycles. The Kier molecular flexibility index (Phi) is 16.6. The lowest BCUT2D eigenvalue weighted by Crippen LogP contribution is -2.44. The number of hydrogen-bond acceptors (Lipinski definition) is 3. The van der Waals surface area contributed by atoms with Crippen molar-refractivity contribution in [2.24, 2.45) is 4.99 Å². The number of methoxy groups -OCH3 is 1. The van der Waals surface area contributed by atoms with Crippen molar-refractivity contribution in [3.63, 3.8) is 0 Å². The molecule has 1 atom stereocenters. The highest BCUT2D eigenvalue weighted by atomic mass is 127. The Morgan fingerprint density at radius 2 is 2.12 bits per heavy atom. The summed E-state index contributed by atoms with van der Waals surface area (Å²) in [6.45, 7) is 3.73. The van der Waals surface area contributed by atoms with Gasteiger partial charge in [-0.3, -0.25) is 4.99 Å². The van der Waals surface area contributed by atoms with Gasteiger partial charge in [0.05, 0.1) is 6.61 Å². The molecule has 0 aliphatic carbocycles. The second-order valence-electron chi connectivity index (χ2n) is 3.70. The van der Waals surface area contributed by atoms with Crippen LogP contribution in [0.5, 0.6) is 0 Å². The average molecular weight is 375 g/mol. The molecule has 0 rings (SSSR count). The van der Waals surface area contributed by atoms with Crippen LogP contribution >= 0.6 is 35.7 Å². The second-order valence-corrected chi connectivity index (χ2v) is 4.69. The topological polar surface area (TPSA) is 45.7 Å². The number of aliphatic imine (C=N–C) groups is 1. The predicted molar refractivity (Wildman–Crippen MR) is 88.9 cm³/mol. The average Bonchev–Trinajstić information content (AvgIpc) is 2.27. The largest absolute Gasteiger partial charge is 0.383 e. The first kappa shape index (κ1) is 19.6. The predicted octanol–water partition coefficient (Wildman–Crippen LogP) is 1.95. The van der Waals surface area contributed by atoms with Crippen molar-refractivity contribution in [3.8, 4) is 0 Å². The summed E-state index contributed by atoms with van der Waals surface area (Å²) in [5, 5.41) is 6.56. The third-order valence-electron chi connectivity index (χ3n) is 2.09. The summed E-state index contributed by atoms with van der Waals surface area (Å²) < 4.78 is 5.06. The lowest BCUT2D eigenvalue weighted by atomic mass is 10.3. The Balaban J connectivity index is 0. The maximum atomic E-state index is 5.06. The second kappa shape index (κ2) is 14.4. The normalized spacial score (nSPS) is 12.8. The molecule has 0 saturated heterocycles. The van der Waals surface area contributed by atoms with Gasteiger partial charge in [-0.05, 0) is 31.8 Å². The van der Waals surface area contributed by atoms with Gasteiger partial charge in [0.25, 0.3) is 0 Å². The molecular formula is C11H26IN3OS. The van der Waals surface area contributed by atoms with E-state index in [2.05, 4.69) is 28.8 Å². The van der Waals surface area contributed by atoms with E-state index in [9.17, 15) is 0 Å². The van der Waals surface area contributed by atoms with Gasteiger partial charge < -0.3 is 15.4 Å². The Morgan fingerprint density at radius 3 is 2.65 bits per heavy atom. The molecule has 0 amide bonds. The maximum Gasteiger partial charge on any atom is 0.191 e. The lowest BCUT2D eigenvalue weighted by Gasteiger charge is -2.17. The molecule has 0 aliphatic rings. The number of thioether (sulfide) groups is 1. The fraction of sp³-hybridized carbons (Fsp3) is 0.909. The zero-order valence-corrected chi connectivity index (χ0v) is 14.4. The van der Waals surface area contributed by atoms with E-state index in [1.807, 2.05) is 11.8 Å². The number of hydrogen-bond donors (Lipinski definition) is 2. The van der Waals surface area contributed by atoms with E-state index in [0.29, 0.717) is 6.61 Å². The van der Waals surface area contributed by atoms with Crippen LogP contribution in [-0.4, -0.2) is 51.3 Å². The van der Waals surface area contributed by atoms with Crippen LogP contribution in [0.1, 0.15) is 19.8 Å². The maximum absolute atomic E-state index is 5.06. The van der Waals surface area contributed by atoms with Crippen LogP contribution in [0.15, 0.2) is 4.99 Å². The zero-order valence-electron chi connectivity index (χ0n) is 11.3. The molecular weight excluding hydrogens is 349 g/mol. The number of halogens is 1. The Hall–Kier alpha value is 0.310. The first-order chi connectivity index (χ1) is 7.74. The highest BCUT2D eigenvalue weighted by Crippen LogP contribution is 1.97. The molecule has 0 aromatic carbocycles. The van der Waals surface area contributed by atoms with Gasteiger partial charge in [0, 0.05) is 26.7 Å². The van der Waals surface area contributed by atoms with Crippen LogP contribution in [0.4, 0.5) is 0 Å². The summed E-state index contributed by atoms with van der Waals surface area (Å²) in [5.74, 6) is 2.09. The minimum Gasteiger partial charge on any atom is -0.383 e. The molecule has 0 aliphatic heterocycles. The smallest absolute Gasteiger partial charge is 0.191 e. The molecule has 0 radical (unpaired) electrons. The third kappa shape index (κ3) is 12.6. The van der Waals surface area contributed by atoms with E-state index in [0.717, 1.165) is 12.5 Å². The van der Waals surface area contributed by atoms with Gasteiger partial charge >= 0.3 is 0 Å². The van der Waals surface area contributed by atoms with Crippen LogP contribution in [0.25, 0.3) is 0 Å². The number of unbranched alkanes of at least 4 members (excludes halogenated alkanes) is 1. The first-order valence-corrected chi connectivity index (χ1v) is 7.09. The summed E-state index contributed by atoms with van der Waals surface area (Å²) in [6, 6.07) is 0.280. The quantitative estimate of drug-likeness (QED) is 0.295. The van der Waals surface area contributed by atoms with Gasteiger partial charge in [0.15, 0.2) is 5.96 Å². The highest BCUT2D eigenvalue weighted by molar-refractivity contribution is 14.0. The molecule has 0 aromatic rings. The number of rotatable bonds is 8. The van der Waals surface area contributed by atoms with Crippen molar-refractivity contribution < 1.29 is 4.74 Å². The van der Waals surface area contributed by atoms with Crippen molar-refractivity contribution in [1.29, 1.82) is 0 Å². The van der Waals surface area contributed by atoms with Crippen LogP contribution in [0, 0.1) is 0 Å². The molecule has 4 nitrogen and oxygen atoms in total. The van der Waals surface area contributed by atoms with Crippen LogP contribution in [0.2, 0.25) is 0 Å². The standard InChI is InChI=1S/C11H25N3OS.HI/c1-10(9-15-3)14-11(12-2)13-7-5-6-8-16-4;/h10H,5-9H2,1-4H3,(H2,12,13,14);1H. The fourth-order valence-corrected chi connectivity index (χ4v) is 1.79. The van der Waals surface area contributed by atoms with Crippen molar-refractivity contribution in [2.75, 3.05) is 39.3 Å². The highest BCUT2D eigenvalue weighted by Gasteiger charge is 2.03. The summed E-state index contributed by atoms with van der Waals surface area (Å²) >= 11 is 1.89. The van der Waals surface area contributed by atoms with E-state index in [-0.39, 0.29) is 30.0 Å². The van der Waals surface area contributed by atoms with Crippen LogP contribution < -0.4 is 10.6 Å². The molecule has 0 heterocycles.